The lowest BCUT2D eigenvalue weighted by Gasteiger charge is -2.30. The minimum absolute atomic E-state index is 0.0168. The molecule has 8 unspecified atom stereocenters. The van der Waals surface area contributed by atoms with Crippen molar-refractivity contribution in [2.45, 2.75) is 75.6 Å². The predicted molar refractivity (Wildman–Crippen MR) is 141 cm³/mol. The van der Waals surface area contributed by atoms with Gasteiger partial charge in [0.25, 0.3) is 5.91 Å². The van der Waals surface area contributed by atoms with Crippen LogP contribution in [0.3, 0.4) is 0 Å². The van der Waals surface area contributed by atoms with Crippen LogP contribution in [0.25, 0.3) is 0 Å². The third-order valence-electron chi connectivity index (χ3n) is 6.37. The molecule has 39 heavy (non-hydrogen) atoms. The number of rotatable bonds is 17. The van der Waals surface area contributed by atoms with Crippen molar-refractivity contribution in [2.24, 2.45) is 11.7 Å². The lowest BCUT2D eigenvalue weighted by atomic mass is 9.98. The zero-order valence-electron chi connectivity index (χ0n) is 22.1. The quantitative estimate of drug-likeness (QED) is 0.0995. The van der Waals surface area contributed by atoms with Gasteiger partial charge in [-0.2, -0.15) is 0 Å². The minimum atomic E-state index is -2.25. The lowest BCUT2D eigenvalue weighted by molar-refractivity contribution is -0.145. The van der Waals surface area contributed by atoms with Crippen molar-refractivity contribution >= 4 is 23.7 Å². The van der Waals surface area contributed by atoms with Crippen LogP contribution < -0.4 is 21.7 Å². The van der Waals surface area contributed by atoms with Crippen molar-refractivity contribution in [3.05, 3.63) is 48.6 Å². The molecule has 0 heterocycles. The summed E-state index contributed by atoms with van der Waals surface area (Å²) in [6, 6.07) is 3.42. The van der Waals surface area contributed by atoms with Gasteiger partial charge in [-0.05, 0) is 17.9 Å². The van der Waals surface area contributed by atoms with Gasteiger partial charge in [-0.25, -0.2) is 0 Å². The molecule has 0 aliphatic rings. The summed E-state index contributed by atoms with van der Waals surface area (Å²) in [5, 5.41) is 57.4. The molecule has 8 atom stereocenters. The standard InChI is InChI=1S/C26H40N4O9/c1-4-9-16(28-25(38)20(27)14(3)5-2)24(37)30-18(13-31)21(34)22(35)23(36)26(39)29-17(12-19(32)33)15-10-7-6-8-11-15/h4,6-8,10-11,14,16-18,20-23,31,34-36H,1,5,9,12-13,27H2,2-3H3,(H,28,38)(H,29,39)(H,30,37)(H,32,33). The van der Waals surface area contributed by atoms with Gasteiger partial charge in [-0.3, -0.25) is 19.2 Å². The fourth-order valence-corrected chi connectivity index (χ4v) is 3.65. The zero-order valence-corrected chi connectivity index (χ0v) is 22.1. The summed E-state index contributed by atoms with van der Waals surface area (Å²) < 4.78 is 0. The number of amides is 3. The van der Waals surface area contributed by atoms with Gasteiger partial charge in [0.2, 0.25) is 11.8 Å². The number of aliphatic hydroxyl groups is 4. The molecule has 13 heteroatoms. The Morgan fingerprint density at radius 3 is 2.10 bits per heavy atom. The molecule has 0 bridgehead atoms. The average Bonchev–Trinajstić information content (AvgIpc) is 2.93. The van der Waals surface area contributed by atoms with Crippen LogP contribution in [0, 0.1) is 5.92 Å². The third kappa shape index (κ3) is 10.4. The Morgan fingerprint density at radius 1 is 0.974 bits per heavy atom. The molecule has 1 aromatic rings. The number of carboxylic acid groups (broad SMARTS) is 1. The van der Waals surface area contributed by atoms with E-state index >= 15 is 0 Å². The molecule has 0 radical (unpaired) electrons. The van der Waals surface area contributed by atoms with E-state index in [4.69, 9.17) is 5.73 Å². The Morgan fingerprint density at radius 2 is 1.59 bits per heavy atom. The van der Waals surface area contributed by atoms with E-state index < -0.39 is 79.2 Å². The van der Waals surface area contributed by atoms with Crippen molar-refractivity contribution < 1.29 is 44.7 Å². The highest BCUT2D eigenvalue weighted by atomic mass is 16.4. The highest BCUT2D eigenvalue weighted by molar-refractivity contribution is 5.90. The summed E-state index contributed by atoms with van der Waals surface area (Å²) in [7, 11) is 0. The number of carbonyl (C=O) groups is 4. The van der Waals surface area contributed by atoms with Gasteiger partial charge >= 0.3 is 5.97 Å². The SMILES string of the molecule is C=CCC(NC(=O)C(N)C(C)CC)C(=O)NC(CO)C(O)C(O)C(O)C(=O)NC(CC(=O)O)c1ccccc1. The first-order valence-electron chi connectivity index (χ1n) is 12.6. The number of aliphatic hydroxyl groups excluding tert-OH is 4. The van der Waals surface area contributed by atoms with E-state index in [1.54, 1.807) is 37.3 Å². The van der Waals surface area contributed by atoms with Crippen LogP contribution >= 0.6 is 0 Å². The van der Waals surface area contributed by atoms with Crippen LogP contribution in [-0.2, 0) is 19.2 Å². The van der Waals surface area contributed by atoms with Crippen LogP contribution in [0.5, 0.6) is 0 Å². The van der Waals surface area contributed by atoms with Gasteiger partial charge in [-0.1, -0.05) is 56.7 Å². The van der Waals surface area contributed by atoms with E-state index in [-0.39, 0.29) is 12.3 Å². The number of nitrogens with two attached hydrogens (primary N) is 1. The fourth-order valence-electron chi connectivity index (χ4n) is 3.65. The topological polar surface area (TPSA) is 232 Å². The summed E-state index contributed by atoms with van der Waals surface area (Å²) in [5.41, 5.74) is 6.34. The van der Waals surface area contributed by atoms with Crippen molar-refractivity contribution in [3.8, 4) is 0 Å². The summed E-state index contributed by atoms with van der Waals surface area (Å²) >= 11 is 0. The van der Waals surface area contributed by atoms with Crippen LogP contribution in [0.2, 0.25) is 0 Å². The number of hydrogen-bond donors (Lipinski definition) is 9. The molecule has 3 amide bonds. The first-order chi connectivity index (χ1) is 18.4. The molecule has 0 saturated heterocycles. The Kier molecular flexibility index (Phi) is 14.3. The van der Waals surface area contributed by atoms with Gasteiger partial charge in [-0.15, -0.1) is 6.58 Å². The van der Waals surface area contributed by atoms with Crippen LogP contribution in [0.15, 0.2) is 43.0 Å². The number of benzene rings is 1. The molecule has 0 aliphatic carbocycles. The van der Waals surface area contributed by atoms with Crippen molar-refractivity contribution in [1.29, 1.82) is 0 Å². The smallest absolute Gasteiger partial charge is 0.305 e. The average molecular weight is 553 g/mol. The number of carboxylic acids is 1. The molecule has 0 spiro atoms. The highest BCUT2D eigenvalue weighted by Crippen LogP contribution is 2.17. The van der Waals surface area contributed by atoms with Gasteiger partial charge in [0.05, 0.1) is 31.2 Å². The van der Waals surface area contributed by atoms with E-state index in [2.05, 4.69) is 22.5 Å². The van der Waals surface area contributed by atoms with Crippen LogP contribution in [0.1, 0.15) is 44.7 Å². The largest absolute Gasteiger partial charge is 0.481 e. The Balaban J connectivity index is 2.92. The van der Waals surface area contributed by atoms with Crippen LogP contribution in [-0.4, -0.2) is 92.3 Å². The molecule has 1 rings (SSSR count). The molecule has 0 aliphatic heterocycles. The van der Waals surface area contributed by atoms with Crippen LogP contribution in [0.4, 0.5) is 0 Å². The van der Waals surface area contributed by atoms with E-state index in [0.717, 1.165) is 0 Å². The first-order valence-corrected chi connectivity index (χ1v) is 12.6. The lowest BCUT2D eigenvalue weighted by Crippen LogP contribution is -2.60. The van der Waals surface area contributed by atoms with Crippen molar-refractivity contribution in [2.75, 3.05) is 6.61 Å². The van der Waals surface area contributed by atoms with Gasteiger partial charge in [0.1, 0.15) is 18.2 Å². The maximum atomic E-state index is 12.8. The highest BCUT2D eigenvalue weighted by Gasteiger charge is 2.37. The van der Waals surface area contributed by atoms with E-state index in [1.165, 1.54) is 6.08 Å². The minimum Gasteiger partial charge on any atom is -0.481 e. The molecule has 1 aromatic carbocycles. The third-order valence-corrected chi connectivity index (χ3v) is 6.37. The molecule has 218 valence electrons. The number of hydrogen-bond acceptors (Lipinski definition) is 9. The molecular formula is C26H40N4O9. The van der Waals surface area contributed by atoms with E-state index in [9.17, 15) is 44.7 Å². The predicted octanol–water partition coefficient (Wildman–Crippen LogP) is -1.69. The summed E-state index contributed by atoms with van der Waals surface area (Å²) in [5.74, 6) is -4.00. The van der Waals surface area contributed by atoms with Gasteiger partial charge < -0.3 is 47.2 Å². The Bertz CT molecular complexity index is 962. The monoisotopic (exact) mass is 552 g/mol. The van der Waals surface area contributed by atoms with Crippen molar-refractivity contribution in [3.63, 3.8) is 0 Å². The second kappa shape index (κ2) is 16.6. The second-order valence-corrected chi connectivity index (χ2v) is 9.29. The Labute approximate surface area is 227 Å². The van der Waals surface area contributed by atoms with E-state index in [0.29, 0.717) is 12.0 Å². The number of carbonyl (C=O) groups excluding carboxylic acids is 3. The normalized spacial score (nSPS) is 17.3. The zero-order chi connectivity index (χ0) is 29.7. The molecule has 10 N–H and O–H groups in total. The van der Waals surface area contributed by atoms with E-state index in [1.807, 2.05) is 6.92 Å². The maximum Gasteiger partial charge on any atom is 0.305 e. The van der Waals surface area contributed by atoms with Gasteiger partial charge in [0, 0.05) is 0 Å². The molecule has 0 aromatic heterocycles. The second-order valence-electron chi connectivity index (χ2n) is 9.29. The fraction of sp³-hybridized carbons (Fsp3) is 0.538. The molecular weight excluding hydrogens is 512 g/mol. The number of nitrogens with one attached hydrogen (secondary N) is 3. The first kappa shape index (κ1) is 33.7. The summed E-state index contributed by atoms with van der Waals surface area (Å²) in [6.07, 6.45) is -5.01. The Hall–Kier alpha value is -3.36. The molecule has 0 saturated carbocycles. The van der Waals surface area contributed by atoms with Gasteiger partial charge in [0.15, 0.2) is 6.10 Å². The summed E-state index contributed by atoms with van der Waals surface area (Å²) in [4.78, 5) is 49.1. The number of aliphatic carboxylic acids is 1. The maximum absolute atomic E-state index is 12.8. The molecule has 13 nitrogen and oxygen atoms in total. The summed E-state index contributed by atoms with van der Waals surface area (Å²) in [6.45, 7) is 6.27. The molecule has 0 fully saturated rings. The van der Waals surface area contributed by atoms with Crippen molar-refractivity contribution in [1.82, 2.24) is 16.0 Å².